The first-order valence-electron chi connectivity index (χ1n) is 8.41. The molecule has 4 aromatic rings. The van der Waals surface area contributed by atoms with E-state index in [4.69, 9.17) is 11.6 Å². The molecule has 128 valence electrons. The van der Waals surface area contributed by atoms with Crippen molar-refractivity contribution in [1.29, 1.82) is 0 Å². The van der Waals surface area contributed by atoms with Crippen LogP contribution in [0.25, 0.3) is 10.9 Å². The first kappa shape index (κ1) is 15.3. The van der Waals surface area contributed by atoms with Gasteiger partial charge < -0.3 is 14.7 Å². The number of carbonyl (C=O) groups is 1. The number of hydrogen-bond donors (Lipinski definition) is 2. The molecule has 0 spiro atoms. The van der Waals surface area contributed by atoms with Crippen molar-refractivity contribution < 1.29 is 9.90 Å². The van der Waals surface area contributed by atoms with Crippen molar-refractivity contribution in [3.05, 3.63) is 93.9 Å². The van der Waals surface area contributed by atoms with E-state index in [1.807, 2.05) is 42.6 Å². The van der Waals surface area contributed by atoms with Gasteiger partial charge in [0, 0.05) is 39.9 Å². The largest absolute Gasteiger partial charge is 0.478 e. The molecule has 2 N–H and O–H groups in total. The van der Waals surface area contributed by atoms with E-state index < -0.39 is 5.97 Å². The molecule has 5 heteroatoms. The molecular formula is C21H15ClN2O2. The second-order valence-corrected chi connectivity index (χ2v) is 7.02. The third-order valence-electron chi connectivity index (χ3n) is 5.18. The second-order valence-electron chi connectivity index (χ2n) is 6.58. The maximum Gasteiger partial charge on any atom is 0.337 e. The molecular weight excluding hydrogens is 348 g/mol. The number of halogens is 1. The minimum Gasteiger partial charge on any atom is -0.478 e. The Labute approximate surface area is 154 Å². The Hall–Kier alpha value is -2.98. The topological polar surface area (TPSA) is 58.0 Å². The Bertz CT molecular complexity index is 1150. The average molecular weight is 363 g/mol. The Balaban J connectivity index is 1.81. The molecule has 0 bridgehead atoms. The van der Waals surface area contributed by atoms with Crippen LogP contribution in [0.4, 0.5) is 0 Å². The van der Waals surface area contributed by atoms with Crippen LogP contribution >= 0.6 is 11.6 Å². The monoisotopic (exact) mass is 362 g/mol. The van der Waals surface area contributed by atoms with Crippen molar-refractivity contribution in [3.63, 3.8) is 0 Å². The minimum atomic E-state index is -0.892. The van der Waals surface area contributed by atoms with Gasteiger partial charge >= 0.3 is 5.97 Å². The van der Waals surface area contributed by atoms with Crippen LogP contribution in [0.5, 0.6) is 0 Å². The van der Waals surface area contributed by atoms with Gasteiger partial charge in [0.2, 0.25) is 0 Å². The van der Waals surface area contributed by atoms with Crippen LogP contribution in [-0.4, -0.2) is 20.6 Å². The first-order valence-corrected chi connectivity index (χ1v) is 8.79. The number of aromatic nitrogens is 2. The van der Waals surface area contributed by atoms with Crippen LogP contribution in [-0.2, 0) is 6.42 Å². The lowest BCUT2D eigenvalue weighted by molar-refractivity contribution is 0.0695. The number of para-hydroxylation sites is 1. The van der Waals surface area contributed by atoms with Crippen molar-refractivity contribution in [2.45, 2.75) is 12.5 Å². The number of rotatable bonds is 2. The maximum absolute atomic E-state index is 11.7. The Morgan fingerprint density at radius 3 is 2.65 bits per heavy atom. The highest BCUT2D eigenvalue weighted by Crippen LogP contribution is 2.40. The van der Waals surface area contributed by atoms with Crippen LogP contribution in [0.15, 0.2) is 60.8 Å². The molecule has 3 heterocycles. The van der Waals surface area contributed by atoms with E-state index in [2.05, 4.69) is 21.7 Å². The van der Waals surface area contributed by atoms with Crippen molar-refractivity contribution in [3.8, 4) is 0 Å². The summed E-state index contributed by atoms with van der Waals surface area (Å²) < 4.78 is 2.06. The van der Waals surface area contributed by atoms with Crippen molar-refractivity contribution >= 4 is 28.5 Å². The molecule has 0 saturated carbocycles. The fourth-order valence-electron chi connectivity index (χ4n) is 4.03. The van der Waals surface area contributed by atoms with Gasteiger partial charge in [-0.05, 0) is 35.4 Å². The van der Waals surface area contributed by atoms with Crippen molar-refractivity contribution in [1.82, 2.24) is 9.55 Å². The third kappa shape index (κ3) is 2.12. The number of aromatic amines is 1. The van der Waals surface area contributed by atoms with Crippen LogP contribution in [0.1, 0.15) is 38.9 Å². The van der Waals surface area contributed by atoms with Crippen LogP contribution < -0.4 is 0 Å². The summed E-state index contributed by atoms with van der Waals surface area (Å²) in [6.07, 6.45) is 2.46. The van der Waals surface area contributed by atoms with Gasteiger partial charge in [-0.1, -0.05) is 41.9 Å². The fraction of sp³-hybridized carbons (Fsp3) is 0.0952. The Morgan fingerprint density at radius 1 is 1.12 bits per heavy atom. The molecule has 1 aliphatic rings. The van der Waals surface area contributed by atoms with E-state index in [1.165, 1.54) is 0 Å². The molecule has 0 fully saturated rings. The number of benzene rings is 2. The number of carboxylic acid groups (broad SMARTS) is 1. The molecule has 1 atom stereocenters. The van der Waals surface area contributed by atoms with Gasteiger partial charge in [0.05, 0.1) is 11.6 Å². The number of hydrogen-bond acceptors (Lipinski definition) is 1. The molecule has 5 rings (SSSR count). The van der Waals surface area contributed by atoms with Crippen LogP contribution in [0.3, 0.4) is 0 Å². The van der Waals surface area contributed by atoms with Gasteiger partial charge in [-0.2, -0.15) is 0 Å². The summed E-state index contributed by atoms with van der Waals surface area (Å²) in [5.41, 5.74) is 5.59. The highest BCUT2D eigenvalue weighted by Gasteiger charge is 2.32. The molecule has 1 unspecified atom stereocenters. The maximum atomic E-state index is 11.7. The smallest absolute Gasteiger partial charge is 0.337 e. The van der Waals surface area contributed by atoms with E-state index in [0.29, 0.717) is 17.0 Å². The molecule has 1 aliphatic heterocycles. The predicted molar refractivity (Wildman–Crippen MR) is 101 cm³/mol. The number of nitrogens with zero attached hydrogens (tertiary/aromatic N) is 1. The summed E-state index contributed by atoms with van der Waals surface area (Å²) in [6.45, 7) is 0. The number of nitrogens with one attached hydrogen (secondary N) is 1. The van der Waals surface area contributed by atoms with Gasteiger partial charge in [0.15, 0.2) is 0 Å². The average Bonchev–Trinajstić information content (AvgIpc) is 3.22. The summed E-state index contributed by atoms with van der Waals surface area (Å²) in [6, 6.07) is 17.5. The number of fused-ring (bicyclic) bond motifs is 4. The van der Waals surface area contributed by atoms with Gasteiger partial charge in [0.1, 0.15) is 0 Å². The van der Waals surface area contributed by atoms with Crippen LogP contribution in [0.2, 0.25) is 5.02 Å². The number of carboxylic acids is 1. The first-order chi connectivity index (χ1) is 12.6. The molecule has 0 saturated heterocycles. The summed E-state index contributed by atoms with van der Waals surface area (Å²) in [5.74, 6) is -0.892. The Morgan fingerprint density at radius 2 is 1.88 bits per heavy atom. The van der Waals surface area contributed by atoms with Gasteiger partial charge in [-0.3, -0.25) is 0 Å². The van der Waals surface area contributed by atoms with Crippen molar-refractivity contribution in [2.24, 2.45) is 0 Å². The molecule has 2 aromatic carbocycles. The molecule has 2 aromatic heterocycles. The zero-order valence-electron chi connectivity index (χ0n) is 13.7. The molecule has 26 heavy (non-hydrogen) atoms. The predicted octanol–water partition coefficient (Wildman–Crippen LogP) is 4.86. The van der Waals surface area contributed by atoms with Gasteiger partial charge in [-0.25, -0.2) is 4.79 Å². The summed E-state index contributed by atoms with van der Waals surface area (Å²) in [5, 5.41) is 11.4. The van der Waals surface area contributed by atoms with E-state index in [0.717, 1.165) is 33.4 Å². The lowest BCUT2D eigenvalue weighted by Crippen LogP contribution is -2.22. The Kier molecular flexibility index (Phi) is 3.24. The van der Waals surface area contributed by atoms with Crippen molar-refractivity contribution in [2.75, 3.05) is 0 Å². The SMILES string of the molecule is O=C(O)c1ccn2c1Cc1c([nH]c3ccccc13)C2c1ccc(Cl)cc1. The van der Waals surface area contributed by atoms with Gasteiger partial charge in [-0.15, -0.1) is 0 Å². The summed E-state index contributed by atoms with van der Waals surface area (Å²) in [4.78, 5) is 15.3. The minimum absolute atomic E-state index is 0.105. The van der Waals surface area contributed by atoms with E-state index in [9.17, 15) is 9.90 Å². The number of aromatic carboxylic acids is 1. The lowest BCUT2D eigenvalue weighted by atomic mass is 9.92. The second kappa shape index (κ2) is 5.51. The normalized spacial score (nSPS) is 15.7. The lowest BCUT2D eigenvalue weighted by Gasteiger charge is -2.28. The van der Waals surface area contributed by atoms with E-state index in [1.54, 1.807) is 6.07 Å². The molecule has 0 amide bonds. The fourth-order valence-corrected chi connectivity index (χ4v) is 4.15. The zero-order valence-corrected chi connectivity index (χ0v) is 14.5. The number of H-pyrrole nitrogens is 1. The third-order valence-corrected chi connectivity index (χ3v) is 5.43. The molecule has 0 aliphatic carbocycles. The van der Waals surface area contributed by atoms with Crippen LogP contribution in [0, 0.1) is 0 Å². The van der Waals surface area contributed by atoms with Gasteiger partial charge in [0.25, 0.3) is 0 Å². The standard InChI is InChI=1S/C21H15ClN2O2/c22-13-7-5-12(6-8-13)20-19-16(14-3-1-2-4-17(14)23-19)11-18-15(21(25)26)9-10-24(18)20/h1-10,20,23H,11H2,(H,25,26). The molecule has 0 radical (unpaired) electrons. The van der Waals surface area contributed by atoms with E-state index in [-0.39, 0.29) is 6.04 Å². The zero-order chi connectivity index (χ0) is 17.8. The summed E-state index contributed by atoms with van der Waals surface area (Å²) >= 11 is 6.07. The highest BCUT2D eigenvalue weighted by atomic mass is 35.5. The van der Waals surface area contributed by atoms with E-state index >= 15 is 0 Å². The quantitative estimate of drug-likeness (QED) is 0.471. The molecule has 4 nitrogen and oxygen atoms in total. The summed E-state index contributed by atoms with van der Waals surface area (Å²) in [7, 11) is 0. The highest BCUT2D eigenvalue weighted by molar-refractivity contribution is 6.30.